The Bertz CT molecular complexity index is 669. The normalized spacial score (nSPS) is 13.6. The minimum Gasteiger partial charge on any atom is -0.368 e. The predicted octanol–water partition coefficient (Wildman–Crippen LogP) is 1.86. The first-order valence-electron chi connectivity index (χ1n) is 6.98. The average molecular weight is 285 g/mol. The molecule has 3 N–H and O–H groups in total. The number of carbonyl (C=O) groups is 2. The third-order valence-corrected chi connectivity index (χ3v) is 3.66. The van der Waals surface area contributed by atoms with Crippen molar-refractivity contribution in [1.82, 2.24) is 10.3 Å². The van der Waals surface area contributed by atoms with Crippen LogP contribution in [0, 0.1) is 5.92 Å². The number of pyridine rings is 1. The molecule has 5 heteroatoms. The van der Waals surface area contributed by atoms with Crippen LogP contribution in [0.1, 0.15) is 30.6 Å². The third-order valence-electron chi connectivity index (χ3n) is 3.66. The van der Waals surface area contributed by atoms with Crippen molar-refractivity contribution in [3.05, 3.63) is 42.1 Å². The van der Waals surface area contributed by atoms with Crippen molar-refractivity contribution >= 4 is 22.7 Å². The maximum absolute atomic E-state index is 12.3. The lowest BCUT2D eigenvalue weighted by atomic mass is 9.98. The van der Waals surface area contributed by atoms with Crippen LogP contribution >= 0.6 is 0 Å². The number of hydrogen-bond acceptors (Lipinski definition) is 3. The first-order chi connectivity index (χ1) is 10.0. The third kappa shape index (κ3) is 3.37. The number of primary amides is 1. The predicted molar refractivity (Wildman–Crippen MR) is 81.6 cm³/mol. The summed E-state index contributed by atoms with van der Waals surface area (Å²) in [7, 11) is 0. The van der Waals surface area contributed by atoms with Crippen molar-refractivity contribution in [3.63, 3.8) is 0 Å². The molecule has 0 aliphatic heterocycles. The molecule has 0 saturated carbocycles. The van der Waals surface area contributed by atoms with Crippen molar-refractivity contribution < 1.29 is 9.59 Å². The smallest absolute Gasteiger partial charge is 0.253 e. The first kappa shape index (κ1) is 15.0. The molecule has 0 aliphatic carbocycles. The maximum atomic E-state index is 12.3. The molecule has 1 aromatic carbocycles. The number of para-hydroxylation sites is 1. The molecule has 5 nitrogen and oxygen atoms in total. The van der Waals surface area contributed by atoms with Crippen LogP contribution in [0.15, 0.2) is 36.5 Å². The first-order valence-corrected chi connectivity index (χ1v) is 6.98. The summed E-state index contributed by atoms with van der Waals surface area (Å²) < 4.78 is 0. The number of benzene rings is 1. The monoisotopic (exact) mass is 285 g/mol. The van der Waals surface area contributed by atoms with Gasteiger partial charge in [0.2, 0.25) is 5.91 Å². The largest absolute Gasteiger partial charge is 0.368 e. The van der Waals surface area contributed by atoms with Gasteiger partial charge in [0.25, 0.3) is 5.91 Å². The molecule has 0 spiro atoms. The lowest BCUT2D eigenvalue weighted by Crippen LogP contribution is -2.48. The second-order valence-corrected chi connectivity index (χ2v) is 5.16. The number of fused-ring (bicyclic) bond motifs is 1. The zero-order valence-corrected chi connectivity index (χ0v) is 12.2. The Morgan fingerprint density at radius 3 is 2.71 bits per heavy atom. The summed E-state index contributed by atoms with van der Waals surface area (Å²) in [5.74, 6) is -0.872. The maximum Gasteiger partial charge on any atom is 0.253 e. The Labute approximate surface area is 123 Å². The Morgan fingerprint density at radius 1 is 1.33 bits per heavy atom. The van der Waals surface area contributed by atoms with E-state index in [9.17, 15) is 9.59 Å². The fraction of sp³-hybridized carbons (Fsp3) is 0.312. The summed E-state index contributed by atoms with van der Waals surface area (Å²) in [5, 5.41) is 3.57. The molecule has 0 bridgehead atoms. The van der Waals surface area contributed by atoms with Crippen LogP contribution in [-0.2, 0) is 4.79 Å². The molecular weight excluding hydrogens is 266 g/mol. The van der Waals surface area contributed by atoms with Crippen molar-refractivity contribution in [2.75, 3.05) is 0 Å². The Hall–Kier alpha value is -2.43. The summed E-state index contributed by atoms with van der Waals surface area (Å²) in [6.07, 6.45) is 2.26. The molecule has 2 atom stereocenters. The Kier molecular flexibility index (Phi) is 4.52. The quantitative estimate of drug-likeness (QED) is 0.879. The summed E-state index contributed by atoms with van der Waals surface area (Å²) in [6, 6.07) is 8.63. The van der Waals surface area contributed by atoms with Gasteiger partial charge in [-0.2, -0.15) is 0 Å². The van der Waals surface area contributed by atoms with E-state index in [-0.39, 0.29) is 11.8 Å². The highest BCUT2D eigenvalue weighted by Crippen LogP contribution is 2.14. The fourth-order valence-electron chi connectivity index (χ4n) is 2.15. The van der Waals surface area contributed by atoms with Gasteiger partial charge in [0.15, 0.2) is 0 Å². The fourth-order valence-corrected chi connectivity index (χ4v) is 2.15. The van der Waals surface area contributed by atoms with Gasteiger partial charge < -0.3 is 11.1 Å². The van der Waals surface area contributed by atoms with Gasteiger partial charge in [0, 0.05) is 11.6 Å². The Morgan fingerprint density at radius 2 is 2.05 bits per heavy atom. The van der Waals surface area contributed by atoms with Gasteiger partial charge >= 0.3 is 0 Å². The lowest BCUT2D eigenvalue weighted by Gasteiger charge is -2.21. The average Bonchev–Trinajstić information content (AvgIpc) is 2.50. The second-order valence-electron chi connectivity index (χ2n) is 5.16. The SMILES string of the molecule is CC[C@@H](C)[C@@H](NC(=O)c1cnc2ccccc2c1)C(N)=O. The van der Waals surface area contributed by atoms with E-state index in [1.807, 2.05) is 38.1 Å². The number of rotatable bonds is 5. The van der Waals surface area contributed by atoms with Crippen molar-refractivity contribution in [1.29, 1.82) is 0 Å². The Balaban J connectivity index is 2.23. The van der Waals surface area contributed by atoms with Gasteiger partial charge in [-0.05, 0) is 18.1 Å². The molecule has 21 heavy (non-hydrogen) atoms. The van der Waals surface area contributed by atoms with Crippen molar-refractivity contribution in [3.8, 4) is 0 Å². The van der Waals surface area contributed by atoms with Gasteiger partial charge in [0.05, 0.1) is 11.1 Å². The number of nitrogens with one attached hydrogen (secondary N) is 1. The van der Waals surface area contributed by atoms with Crippen LogP contribution in [0.25, 0.3) is 10.9 Å². The minimum atomic E-state index is -0.672. The molecule has 0 fully saturated rings. The molecule has 2 aromatic rings. The standard InChI is InChI=1S/C16H19N3O2/c1-3-10(2)14(15(17)20)19-16(21)12-8-11-6-4-5-7-13(11)18-9-12/h4-10,14H,3H2,1-2H3,(H2,17,20)(H,19,21)/t10-,14-/m1/s1. The van der Waals surface area contributed by atoms with Crippen LogP contribution in [-0.4, -0.2) is 22.8 Å². The molecule has 110 valence electrons. The number of nitrogens with two attached hydrogens (primary N) is 1. The summed E-state index contributed by atoms with van der Waals surface area (Å²) in [6.45, 7) is 3.83. The van der Waals surface area contributed by atoms with Crippen LogP contribution in [0.5, 0.6) is 0 Å². The molecule has 2 rings (SSSR count). The highest BCUT2D eigenvalue weighted by Gasteiger charge is 2.24. The van der Waals surface area contributed by atoms with Crippen LogP contribution < -0.4 is 11.1 Å². The van der Waals surface area contributed by atoms with Gasteiger partial charge in [-0.15, -0.1) is 0 Å². The summed E-state index contributed by atoms with van der Waals surface area (Å²) >= 11 is 0. The van der Waals surface area contributed by atoms with Gasteiger partial charge in [0.1, 0.15) is 6.04 Å². The highest BCUT2D eigenvalue weighted by molar-refractivity contribution is 5.99. The number of carbonyl (C=O) groups excluding carboxylic acids is 2. The van der Waals surface area contributed by atoms with Gasteiger partial charge in [-0.25, -0.2) is 0 Å². The molecule has 0 unspecified atom stereocenters. The number of nitrogens with zero attached hydrogens (tertiary/aromatic N) is 1. The van der Waals surface area contributed by atoms with Crippen LogP contribution in [0.3, 0.4) is 0 Å². The summed E-state index contributed by atoms with van der Waals surface area (Å²) in [5.41, 5.74) is 6.60. The van der Waals surface area contributed by atoms with Crippen LogP contribution in [0.4, 0.5) is 0 Å². The van der Waals surface area contributed by atoms with E-state index in [1.54, 1.807) is 6.07 Å². The topological polar surface area (TPSA) is 85.1 Å². The second kappa shape index (κ2) is 6.35. The summed E-state index contributed by atoms with van der Waals surface area (Å²) in [4.78, 5) is 28.0. The highest BCUT2D eigenvalue weighted by atomic mass is 16.2. The van der Waals surface area contributed by atoms with Crippen LogP contribution in [0.2, 0.25) is 0 Å². The number of hydrogen-bond donors (Lipinski definition) is 2. The van der Waals surface area contributed by atoms with E-state index in [2.05, 4.69) is 10.3 Å². The molecule has 2 amide bonds. The van der Waals surface area contributed by atoms with Crippen molar-refractivity contribution in [2.24, 2.45) is 11.7 Å². The van der Waals surface area contributed by atoms with E-state index in [4.69, 9.17) is 5.73 Å². The molecule has 0 saturated heterocycles. The van der Waals surface area contributed by atoms with E-state index < -0.39 is 11.9 Å². The number of aromatic nitrogens is 1. The van der Waals surface area contributed by atoms with Gasteiger partial charge in [-0.1, -0.05) is 38.5 Å². The van der Waals surface area contributed by atoms with E-state index in [1.165, 1.54) is 6.20 Å². The molecular formula is C16H19N3O2. The lowest BCUT2D eigenvalue weighted by molar-refractivity contribution is -0.120. The van der Waals surface area contributed by atoms with E-state index in [0.717, 1.165) is 17.3 Å². The molecule has 0 radical (unpaired) electrons. The number of amides is 2. The van der Waals surface area contributed by atoms with Gasteiger partial charge in [-0.3, -0.25) is 14.6 Å². The molecule has 1 aromatic heterocycles. The molecule has 1 heterocycles. The van der Waals surface area contributed by atoms with E-state index >= 15 is 0 Å². The molecule has 0 aliphatic rings. The van der Waals surface area contributed by atoms with E-state index in [0.29, 0.717) is 5.56 Å². The minimum absolute atomic E-state index is 0.0140. The van der Waals surface area contributed by atoms with Crippen molar-refractivity contribution in [2.45, 2.75) is 26.3 Å². The zero-order chi connectivity index (χ0) is 15.4. The zero-order valence-electron chi connectivity index (χ0n) is 12.2.